The number of hydrogen-bond donors (Lipinski definition) is 2. The van der Waals surface area contributed by atoms with Gasteiger partial charge in [-0.25, -0.2) is 0 Å². The highest BCUT2D eigenvalue weighted by atomic mass is 14.9. The Morgan fingerprint density at radius 1 is 0.611 bits per heavy atom. The molecular formula is C16H14N2. The molecule has 4 rings (SSSR count). The standard InChI is InChI=1S/C16H14N2/c1-3-7-15-11(5-1)13(9-17-15)14-10-18-16-8-4-2-6-12(14)16/h1-8,17-18H,9-10H2. The molecule has 0 atom stereocenters. The summed E-state index contributed by atoms with van der Waals surface area (Å²) >= 11 is 0. The molecule has 2 heterocycles. The lowest BCUT2D eigenvalue weighted by Crippen LogP contribution is -1.98. The lowest BCUT2D eigenvalue weighted by molar-refractivity contribution is 1.41. The Kier molecular flexibility index (Phi) is 1.97. The summed E-state index contributed by atoms with van der Waals surface area (Å²) in [5, 5.41) is 6.94. The number of benzene rings is 2. The van der Waals surface area contributed by atoms with E-state index in [1.165, 1.54) is 33.6 Å². The van der Waals surface area contributed by atoms with Gasteiger partial charge in [0.25, 0.3) is 0 Å². The zero-order valence-electron chi connectivity index (χ0n) is 10.0. The van der Waals surface area contributed by atoms with Crippen molar-refractivity contribution in [3.8, 4) is 0 Å². The van der Waals surface area contributed by atoms with Crippen LogP contribution in [-0.2, 0) is 0 Å². The van der Waals surface area contributed by atoms with Crippen molar-refractivity contribution in [2.24, 2.45) is 0 Å². The summed E-state index contributed by atoms with van der Waals surface area (Å²) < 4.78 is 0. The molecular weight excluding hydrogens is 220 g/mol. The molecule has 0 spiro atoms. The first kappa shape index (κ1) is 9.77. The van der Waals surface area contributed by atoms with Crippen LogP contribution >= 0.6 is 0 Å². The van der Waals surface area contributed by atoms with Gasteiger partial charge in [-0.1, -0.05) is 36.4 Å². The van der Waals surface area contributed by atoms with Crippen molar-refractivity contribution in [1.29, 1.82) is 0 Å². The summed E-state index contributed by atoms with van der Waals surface area (Å²) in [4.78, 5) is 0. The fourth-order valence-corrected chi connectivity index (χ4v) is 2.90. The second-order valence-electron chi connectivity index (χ2n) is 4.76. The third-order valence-corrected chi connectivity index (χ3v) is 3.78. The van der Waals surface area contributed by atoms with E-state index < -0.39 is 0 Å². The third kappa shape index (κ3) is 1.29. The SMILES string of the molecule is c1ccc2c(c1)NCC2=C1CNc2ccccc21. The number of hydrogen-bond acceptors (Lipinski definition) is 2. The van der Waals surface area contributed by atoms with Crippen molar-refractivity contribution >= 4 is 22.5 Å². The van der Waals surface area contributed by atoms with Crippen LogP contribution in [0.4, 0.5) is 11.4 Å². The normalized spacial score (nSPS) is 20.0. The Morgan fingerprint density at radius 2 is 1.06 bits per heavy atom. The van der Waals surface area contributed by atoms with Crippen molar-refractivity contribution in [2.45, 2.75) is 0 Å². The minimum absolute atomic E-state index is 0.935. The lowest BCUT2D eigenvalue weighted by atomic mass is 9.97. The number of nitrogens with one attached hydrogen (secondary N) is 2. The fraction of sp³-hybridized carbons (Fsp3) is 0.125. The van der Waals surface area contributed by atoms with Gasteiger partial charge < -0.3 is 10.6 Å². The Morgan fingerprint density at radius 3 is 1.56 bits per heavy atom. The largest absolute Gasteiger partial charge is 0.380 e. The van der Waals surface area contributed by atoms with E-state index in [-0.39, 0.29) is 0 Å². The highest BCUT2D eigenvalue weighted by Crippen LogP contribution is 2.40. The van der Waals surface area contributed by atoms with Crippen LogP contribution in [0.25, 0.3) is 11.1 Å². The molecule has 2 aromatic rings. The van der Waals surface area contributed by atoms with Gasteiger partial charge in [0.2, 0.25) is 0 Å². The molecule has 0 amide bonds. The summed E-state index contributed by atoms with van der Waals surface area (Å²) in [5.41, 5.74) is 8.08. The smallest absolute Gasteiger partial charge is 0.0420 e. The minimum Gasteiger partial charge on any atom is -0.380 e. The average Bonchev–Trinajstić information content (AvgIpc) is 3.01. The molecule has 0 aliphatic carbocycles. The second-order valence-corrected chi connectivity index (χ2v) is 4.76. The Hall–Kier alpha value is -2.22. The van der Waals surface area contributed by atoms with E-state index in [2.05, 4.69) is 59.2 Å². The van der Waals surface area contributed by atoms with Crippen LogP contribution in [0.15, 0.2) is 48.5 Å². The van der Waals surface area contributed by atoms with E-state index in [0.29, 0.717) is 0 Å². The molecule has 2 aliphatic rings. The Labute approximate surface area is 106 Å². The minimum atomic E-state index is 0.935. The quantitative estimate of drug-likeness (QED) is 0.729. The van der Waals surface area contributed by atoms with Gasteiger partial charge in [0.15, 0.2) is 0 Å². The zero-order valence-corrected chi connectivity index (χ0v) is 10.0. The van der Waals surface area contributed by atoms with Crippen molar-refractivity contribution in [1.82, 2.24) is 0 Å². The molecule has 18 heavy (non-hydrogen) atoms. The average molecular weight is 234 g/mol. The molecule has 2 N–H and O–H groups in total. The lowest BCUT2D eigenvalue weighted by Gasteiger charge is -2.05. The van der Waals surface area contributed by atoms with Gasteiger partial charge in [-0.05, 0) is 23.3 Å². The predicted octanol–water partition coefficient (Wildman–Crippen LogP) is 3.45. The van der Waals surface area contributed by atoms with E-state index in [0.717, 1.165) is 13.1 Å². The van der Waals surface area contributed by atoms with Gasteiger partial charge in [-0.3, -0.25) is 0 Å². The van der Waals surface area contributed by atoms with Gasteiger partial charge in [0, 0.05) is 35.6 Å². The van der Waals surface area contributed by atoms with Crippen LogP contribution in [0.1, 0.15) is 11.1 Å². The summed E-state index contributed by atoms with van der Waals surface area (Å²) in [7, 11) is 0. The van der Waals surface area contributed by atoms with Crippen molar-refractivity contribution in [3.63, 3.8) is 0 Å². The van der Waals surface area contributed by atoms with E-state index in [1.807, 2.05) is 0 Å². The van der Waals surface area contributed by atoms with E-state index in [1.54, 1.807) is 0 Å². The van der Waals surface area contributed by atoms with Crippen LogP contribution < -0.4 is 10.6 Å². The van der Waals surface area contributed by atoms with Crippen LogP contribution in [0, 0.1) is 0 Å². The number of rotatable bonds is 0. The third-order valence-electron chi connectivity index (χ3n) is 3.78. The van der Waals surface area contributed by atoms with Crippen LogP contribution in [0.2, 0.25) is 0 Å². The maximum absolute atomic E-state index is 3.47. The van der Waals surface area contributed by atoms with Gasteiger partial charge >= 0.3 is 0 Å². The molecule has 2 aromatic carbocycles. The Balaban J connectivity index is 1.93. The highest BCUT2D eigenvalue weighted by molar-refractivity contribution is 6.04. The predicted molar refractivity (Wildman–Crippen MR) is 76.7 cm³/mol. The van der Waals surface area contributed by atoms with Gasteiger partial charge in [0.05, 0.1) is 0 Å². The van der Waals surface area contributed by atoms with Gasteiger partial charge in [0.1, 0.15) is 0 Å². The first-order chi connectivity index (χ1) is 8.93. The van der Waals surface area contributed by atoms with Gasteiger partial charge in [-0.15, -0.1) is 0 Å². The maximum atomic E-state index is 3.47. The molecule has 0 saturated heterocycles. The molecule has 0 aromatic heterocycles. The molecule has 0 radical (unpaired) electrons. The second kappa shape index (κ2) is 3.64. The maximum Gasteiger partial charge on any atom is 0.0420 e. The van der Waals surface area contributed by atoms with Crippen molar-refractivity contribution in [3.05, 3.63) is 59.7 Å². The Bertz CT molecular complexity index is 598. The molecule has 0 bridgehead atoms. The number of anilines is 2. The van der Waals surface area contributed by atoms with Gasteiger partial charge in [-0.2, -0.15) is 0 Å². The highest BCUT2D eigenvalue weighted by Gasteiger charge is 2.23. The van der Waals surface area contributed by atoms with E-state index >= 15 is 0 Å². The van der Waals surface area contributed by atoms with Crippen LogP contribution in [-0.4, -0.2) is 13.1 Å². The number of para-hydroxylation sites is 2. The van der Waals surface area contributed by atoms with Crippen LogP contribution in [0.3, 0.4) is 0 Å². The molecule has 2 nitrogen and oxygen atoms in total. The van der Waals surface area contributed by atoms with E-state index in [4.69, 9.17) is 0 Å². The molecule has 0 unspecified atom stereocenters. The summed E-state index contributed by atoms with van der Waals surface area (Å²) in [5.74, 6) is 0. The van der Waals surface area contributed by atoms with E-state index in [9.17, 15) is 0 Å². The summed E-state index contributed by atoms with van der Waals surface area (Å²) in [6.45, 7) is 1.87. The van der Waals surface area contributed by atoms with Crippen LogP contribution in [0.5, 0.6) is 0 Å². The molecule has 88 valence electrons. The molecule has 2 heteroatoms. The summed E-state index contributed by atoms with van der Waals surface area (Å²) in [6.07, 6.45) is 0. The number of fused-ring (bicyclic) bond motifs is 2. The van der Waals surface area contributed by atoms with Crippen molar-refractivity contribution in [2.75, 3.05) is 23.7 Å². The monoisotopic (exact) mass is 234 g/mol. The zero-order chi connectivity index (χ0) is 11.9. The first-order valence-electron chi connectivity index (χ1n) is 6.32. The topological polar surface area (TPSA) is 24.1 Å². The molecule has 0 saturated carbocycles. The fourth-order valence-electron chi connectivity index (χ4n) is 2.90. The summed E-state index contributed by atoms with van der Waals surface area (Å²) in [6, 6.07) is 17.1. The molecule has 2 aliphatic heterocycles. The van der Waals surface area contributed by atoms with Crippen molar-refractivity contribution < 1.29 is 0 Å². The molecule has 0 fully saturated rings. The first-order valence-corrected chi connectivity index (χ1v) is 6.32.